The second-order valence-corrected chi connectivity index (χ2v) is 7.99. The highest BCUT2D eigenvalue weighted by molar-refractivity contribution is 9.10. The maximum Gasteiger partial charge on any atom is 0.196 e. The van der Waals surface area contributed by atoms with Gasteiger partial charge in [-0.25, -0.2) is 4.39 Å². The molecule has 8 heteroatoms. The van der Waals surface area contributed by atoms with E-state index in [4.69, 9.17) is 4.74 Å². The van der Waals surface area contributed by atoms with E-state index in [9.17, 15) is 4.39 Å². The van der Waals surface area contributed by atoms with Crippen LogP contribution in [0, 0.1) is 5.82 Å². The standard InChI is InChI=1S/C21H16BrFN4OS/c22-16-2-1-3-19(14-16)28-12-13-29-21-26-25-20(15-8-10-24-11-9-15)27(21)18-6-4-17(23)5-7-18/h1-11,14H,12-13H2. The fourth-order valence-corrected chi connectivity index (χ4v) is 3.87. The molecule has 0 fully saturated rings. The third-order valence-electron chi connectivity index (χ3n) is 4.04. The van der Waals surface area contributed by atoms with Crippen molar-refractivity contribution in [2.24, 2.45) is 0 Å². The molecule has 29 heavy (non-hydrogen) atoms. The molecule has 0 atom stereocenters. The van der Waals surface area contributed by atoms with Crippen LogP contribution in [0.15, 0.2) is 82.7 Å². The topological polar surface area (TPSA) is 52.8 Å². The summed E-state index contributed by atoms with van der Waals surface area (Å²) >= 11 is 4.96. The van der Waals surface area contributed by atoms with Crippen LogP contribution in [0.4, 0.5) is 4.39 Å². The van der Waals surface area contributed by atoms with E-state index in [2.05, 4.69) is 31.1 Å². The zero-order valence-corrected chi connectivity index (χ0v) is 17.6. The molecule has 0 saturated heterocycles. The van der Waals surface area contributed by atoms with Crippen LogP contribution in [-0.4, -0.2) is 32.1 Å². The summed E-state index contributed by atoms with van der Waals surface area (Å²) in [4.78, 5) is 4.06. The van der Waals surface area contributed by atoms with Crippen LogP contribution in [0.1, 0.15) is 0 Å². The van der Waals surface area contributed by atoms with Crippen LogP contribution in [-0.2, 0) is 0 Å². The molecule has 0 bridgehead atoms. The van der Waals surface area contributed by atoms with Crippen LogP contribution in [0.2, 0.25) is 0 Å². The van der Waals surface area contributed by atoms with Crippen molar-refractivity contribution in [3.8, 4) is 22.8 Å². The molecule has 0 aliphatic heterocycles. The highest BCUT2D eigenvalue weighted by Gasteiger charge is 2.16. The monoisotopic (exact) mass is 470 g/mol. The Morgan fingerprint density at radius 1 is 1.00 bits per heavy atom. The molecule has 4 aromatic rings. The van der Waals surface area contributed by atoms with Crippen molar-refractivity contribution >= 4 is 27.7 Å². The molecule has 5 nitrogen and oxygen atoms in total. The molecule has 2 heterocycles. The molecule has 0 N–H and O–H groups in total. The largest absolute Gasteiger partial charge is 0.493 e. The van der Waals surface area contributed by atoms with Crippen LogP contribution in [0.5, 0.6) is 5.75 Å². The number of hydrogen-bond acceptors (Lipinski definition) is 5. The van der Waals surface area contributed by atoms with Gasteiger partial charge in [0.2, 0.25) is 0 Å². The SMILES string of the molecule is Fc1ccc(-n2c(SCCOc3cccc(Br)c3)nnc2-c2ccncc2)cc1. The van der Waals surface area contributed by atoms with E-state index >= 15 is 0 Å². The Labute approximate surface area is 180 Å². The van der Waals surface area contributed by atoms with Crippen molar-refractivity contribution in [2.75, 3.05) is 12.4 Å². The van der Waals surface area contributed by atoms with Crippen LogP contribution in [0.25, 0.3) is 17.1 Å². The highest BCUT2D eigenvalue weighted by Crippen LogP contribution is 2.28. The molecule has 146 valence electrons. The van der Waals surface area contributed by atoms with Crippen molar-refractivity contribution in [3.05, 3.63) is 83.3 Å². The number of aromatic nitrogens is 4. The third-order valence-corrected chi connectivity index (χ3v) is 5.42. The van der Waals surface area contributed by atoms with E-state index in [-0.39, 0.29) is 5.82 Å². The van der Waals surface area contributed by atoms with Gasteiger partial charge >= 0.3 is 0 Å². The predicted octanol–water partition coefficient (Wildman–Crippen LogP) is 5.40. The van der Waals surface area contributed by atoms with Crippen LogP contribution >= 0.6 is 27.7 Å². The first-order chi connectivity index (χ1) is 14.2. The van der Waals surface area contributed by atoms with Gasteiger partial charge in [-0.2, -0.15) is 0 Å². The first-order valence-corrected chi connectivity index (χ1v) is 10.6. The Morgan fingerprint density at radius 2 is 1.79 bits per heavy atom. The van der Waals surface area contributed by atoms with Crippen LogP contribution in [0.3, 0.4) is 0 Å². The molecule has 2 aromatic carbocycles. The zero-order chi connectivity index (χ0) is 20.1. The summed E-state index contributed by atoms with van der Waals surface area (Å²) in [7, 11) is 0. The van der Waals surface area contributed by atoms with Gasteiger partial charge in [-0.05, 0) is 54.6 Å². The molecular formula is C21H16BrFN4OS. The molecule has 0 saturated carbocycles. The molecule has 0 aliphatic rings. The van der Waals surface area contributed by atoms with E-state index in [1.165, 1.54) is 23.9 Å². The lowest BCUT2D eigenvalue weighted by Gasteiger charge is -2.11. The Kier molecular flexibility index (Phi) is 6.21. The normalized spacial score (nSPS) is 10.8. The summed E-state index contributed by atoms with van der Waals surface area (Å²) in [6, 6.07) is 17.7. The number of nitrogens with zero attached hydrogens (tertiary/aromatic N) is 4. The lowest BCUT2D eigenvalue weighted by Crippen LogP contribution is -2.03. The number of pyridine rings is 1. The minimum Gasteiger partial charge on any atom is -0.493 e. The summed E-state index contributed by atoms with van der Waals surface area (Å²) in [6.07, 6.45) is 3.41. The summed E-state index contributed by atoms with van der Waals surface area (Å²) < 4.78 is 22.1. The number of rotatable bonds is 7. The Balaban J connectivity index is 1.55. The number of benzene rings is 2. The van der Waals surface area contributed by atoms with Crippen molar-refractivity contribution in [1.29, 1.82) is 0 Å². The number of halogens is 2. The molecule has 0 radical (unpaired) electrons. The maximum atomic E-state index is 13.4. The van der Waals surface area contributed by atoms with E-state index in [1.807, 2.05) is 41.0 Å². The van der Waals surface area contributed by atoms with Crippen molar-refractivity contribution in [3.63, 3.8) is 0 Å². The summed E-state index contributed by atoms with van der Waals surface area (Å²) in [5, 5.41) is 9.42. The number of ether oxygens (including phenoxy) is 1. The molecule has 0 aliphatic carbocycles. The summed E-state index contributed by atoms with van der Waals surface area (Å²) in [6.45, 7) is 0.516. The minimum absolute atomic E-state index is 0.288. The Hall–Kier alpha value is -2.71. The van der Waals surface area contributed by atoms with Gasteiger partial charge in [0.05, 0.1) is 6.61 Å². The fourth-order valence-electron chi connectivity index (χ4n) is 2.72. The molecular weight excluding hydrogens is 455 g/mol. The third kappa shape index (κ3) is 4.83. The smallest absolute Gasteiger partial charge is 0.196 e. The van der Waals surface area contributed by atoms with E-state index < -0.39 is 0 Å². The summed E-state index contributed by atoms with van der Waals surface area (Å²) in [5.41, 5.74) is 1.67. The van der Waals surface area contributed by atoms with E-state index in [1.54, 1.807) is 24.5 Å². The lowest BCUT2D eigenvalue weighted by molar-refractivity contribution is 0.343. The van der Waals surface area contributed by atoms with Gasteiger partial charge in [0, 0.05) is 33.9 Å². The predicted molar refractivity (Wildman–Crippen MR) is 115 cm³/mol. The lowest BCUT2D eigenvalue weighted by atomic mass is 10.2. The first-order valence-electron chi connectivity index (χ1n) is 8.83. The van der Waals surface area contributed by atoms with E-state index in [0.29, 0.717) is 23.3 Å². The molecule has 4 rings (SSSR count). The average Bonchev–Trinajstić information content (AvgIpc) is 3.16. The van der Waals surface area contributed by atoms with Crippen molar-refractivity contribution in [1.82, 2.24) is 19.7 Å². The van der Waals surface area contributed by atoms with Crippen molar-refractivity contribution < 1.29 is 9.13 Å². The highest BCUT2D eigenvalue weighted by atomic mass is 79.9. The van der Waals surface area contributed by atoms with Gasteiger partial charge in [-0.15, -0.1) is 10.2 Å². The second-order valence-electron chi connectivity index (χ2n) is 6.01. The van der Waals surface area contributed by atoms with Gasteiger partial charge in [0.1, 0.15) is 11.6 Å². The van der Waals surface area contributed by atoms with Gasteiger partial charge < -0.3 is 4.74 Å². The maximum absolute atomic E-state index is 13.4. The van der Waals surface area contributed by atoms with Gasteiger partial charge in [-0.3, -0.25) is 9.55 Å². The van der Waals surface area contributed by atoms with Crippen LogP contribution < -0.4 is 4.74 Å². The van der Waals surface area contributed by atoms with Gasteiger partial charge in [0.25, 0.3) is 0 Å². The number of hydrogen-bond donors (Lipinski definition) is 0. The molecule has 2 aromatic heterocycles. The molecule has 0 spiro atoms. The zero-order valence-electron chi connectivity index (χ0n) is 15.2. The van der Waals surface area contributed by atoms with Gasteiger partial charge in [-0.1, -0.05) is 33.8 Å². The number of thioether (sulfide) groups is 1. The quantitative estimate of drug-likeness (QED) is 0.267. The minimum atomic E-state index is -0.288. The molecule has 0 amide bonds. The summed E-state index contributed by atoms with van der Waals surface area (Å²) in [5.74, 6) is 1.87. The fraction of sp³-hybridized carbons (Fsp3) is 0.0952. The first kappa shape index (κ1) is 19.6. The second kappa shape index (κ2) is 9.19. The van der Waals surface area contributed by atoms with Gasteiger partial charge in [0.15, 0.2) is 11.0 Å². The molecule has 0 unspecified atom stereocenters. The van der Waals surface area contributed by atoms with E-state index in [0.717, 1.165) is 21.5 Å². The average molecular weight is 471 g/mol. The Bertz CT molecular complexity index is 1090. The van der Waals surface area contributed by atoms with Crippen molar-refractivity contribution in [2.45, 2.75) is 5.16 Å². The Morgan fingerprint density at radius 3 is 2.55 bits per heavy atom.